The van der Waals surface area contributed by atoms with Crippen LogP contribution in [0.3, 0.4) is 0 Å². The zero-order valence-corrected chi connectivity index (χ0v) is 13.3. The fourth-order valence-corrected chi connectivity index (χ4v) is 3.07. The van der Waals surface area contributed by atoms with Crippen LogP contribution >= 0.6 is 10.7 Å². The Labute approximate surface area is 129 Å². The lowest BCUT2D eigenvalue weighted by atomic mass is 10.0. The summed E-state index contributed by atoms with van der Waals surface area (Å²) in [5.74, 6) is 0.203. The average molecular weight is 332 g/mol. The largest absolute Gasteiger partial charge is 0.381 e. The molecule has 1 aliphatic heterocycles. The monoisotopic (exact) mass is 331 g/mol. The van der Waals surface area contributed by atoms with Gasteiger partial charge in [-0.05, 0) is 43.4 Å². The summed E-state index contributed by atoms with van der Waals surface area (Å²) in [6.45, 7) is 3.83. The van der Waals surface area contributed by atoms with Gasteiger partial charge in [-0.15, -0.1) is 0 Å². The topological polar surface area (TPSA) is 72.5 Å². The number of benzene rings is 1. The molecule has 0 spiro atoms. The van der Waals surface area contributed by atoms with E-state index in [1.165, 1.54) is 12.1 Å². The van der Waals surface area contributed by atoms with Crippen molar-refractivity contribution >= 4 is 25.6 Å². The van der Waals surface area contributed by atoms with Crippen LogP contribution in [0.25, 0.3) is 0 Å². The Balaban J connectivity index is 2.01. The molecule has 1 N–H and O–H groups in total. The fourth-order valence-electron chi connectivity index (χ4n) is 2.29. The van der Waals surface area contributed by atoms with E-state index in [9.17, 15) is 13.2 Å². The maximum Gasteiger partial charge on any atom is 0.261 e. The van der Waals surface area contributed by atoms with Crippen molar-refractivity contribution in [3.05, 3.63) is 29.3 Å². The lowest BCUT2D eigenvalue weighted by Gasteiger charge is -2.11. The molecule has 0 bridgehead atoms. The number of amides is 1. The highest BCUT2D eigenvalue weighted by Crippen LogP contribution is 2.19. The minimum atomic E-state index is -3.83. The van der Waals surface area contributed by atoms with E-state index in [1.807, 2.05) is 0 Å². The van der Waals surface area contributed by atoms with Crippen LogP contribution in [0.4, 0.5) is 0 Å². The van der Waals surface area contributed by atoms with E-state index in [1.54, 1.807) is 13.0 Å². The first-order valence-corrected chi connectivity index (χ1v) is 9.10. The Morgan fingerprint density at radius 2 is 2.24 bits per heavy atom. The molecule has 0 saturated carbocycles. The minimum absolute atomic E-state index is 0.0656. The van der Waals surface area contributed by atoms with Crippen molar-refractivity contribution < 1.29 is 17.9 Å². The number of ether oxygens (including phenoxy) is 1. The first-order chi connectivity index (χ1) is 9.88. The molecule has 116 valence electrons. The third kappa shape index (κ3) is 4.43. The number of halogens is 1. The fraction of sp³-hybridized carbons (Fsp3) is 0.500. The Hall–Kier alpha value is -1.11. The molecule has 0 radical (unpaired) electrons. The van der Waals surface area contributed by atoms with Gasteiger partial charge in [-0.1, -0.05) is 6.07 Å². The Morgan fingerprint density at radius 1 is 1.48 bits per heavy atom. The summed E-state index contributed by atoms with van der Waals surface area (Å²) in [6.07, 6.45) is 1.88. The zero-order chi connectivity index (χ0) is 15.5. The number of rotatable bonds is 5. The molecule has 1 heterocycles. The molecule has 1 aromatic carbocycles. The maximum atomic E-state index is 12.1. The first kappa shape index (κ1) is 16.3. The van der Waals surface area contributed by atoms with Crippen molar-refractivity contribution in [1.82, 2.24) is 5.32 Å². The van der Waals surface area contributed by atoms with Gasteiger partial charge < -0.3 is 10.1 Å². The van der Waals surface area contributed by atoms with Crippen LogP contribution in [0.5, 0.6) is 0 Å². The molecule has 1 atom stereocenters. The molecular formula is C14H18ClNO4S. The molecule has 0 aliphatic carbocycles. The van der Waals surface area contributed by atoms with Crippen LogP contribution in [0.15, 0.2) is 23.1 Å². The van der Waals surface area contributed by atoms with Crippen LogP contribution in [-0.4, -0.2) is 34.1 Å². The molecule has 1 saturated heterocycles. The lowest BCUT2D eigenvalue weighted by molar-refractivity contribution is 0.0949. The third-order valence-corrected chi connectivity index (χ3v) is 4.95. The van der Waals surface area contributed by atoms with Gasteiger partial charge in [0.25, 0.3) is 15.0 Å². The van der Waals surface area contributed by atoms with Gasteiger partial charge in [0.1, 0.15) is 0 Å². The van der Waals surface area contributed by atoms with Crippen molar-refractivity contribution in [1.29, 1.82) is 0 Å². The molecular weight excluding hydrogens is 314 g/mol. The molecule has 1 unspecified atom stereocenters. The summed E-state index contributed by atoms with van der Waals surface area (Å²) in [4.78, 5) is 12.1. The summed E-state index contributed by atoms with van der Waals surface area (Å²) in [5.41, 5.74) is 1.04. The Bertz CT molecular complexity index is 624. The van der Waals surface area contributed by atoms with E-state index >= 15 is 0 Å². The van der Waals surface area contributed by atoms with Crippen LogP contribution in [-0.2, 0) is 13.8 Å². The first-order valence-electron chi connectivity index (χ1n) is 6.79. The van der Waals surface area contributed by atoms with Crippen LogP contribution < -0.4 is 5.32 Å². The van der Waals surface area contributed by atoms with Gasteiger partial charge in [-0.2, -0.15) is 0 Å². The van der Waals surface area contributed by atoms with E-state index in [-0.39, 0.29) is 10.8 Å². The molecule has 2 rings (SSSR count). The van der Waals surface area contributed by atoms with Crippen LogP contribution in [0, 0.1) is 12.8 Å². The number of hydrogen-bond donors (Lipinski definition) is 1. The van der Waals surface area contributed by atoms with Gasteiger partial charge in [0.15, 0.2) is 0 Å². The summed E-state index contributed by atoms with van der Waals surface area (Å²) in [7, 11) is 1.47. The normalized spacial score (nSPS) is 18.7. The average Bonchev–Trinajstić information content (AvgIpc) is 2.91. The highest BCUT2D eigenvalue weighted by molar-refractivity contribution is 8.13. The van der Waals surface area contributed by atoms with Crippen molar-refractivity contribution in [2.24, 2.45) is 5.92 Å². The summed E-state index contributed by atoms with van der Waals surface area (Å²) in [5, 5.41) is 2.81. The van der Waals surface area contributed by atoms with Gasteiger partial charge in [-0.25, -0.2) is 8.42 Å². The second-order valence-electron chi connectivity index (χ2n) is 5.19. The maximum absolute atomic E-state index is 12.1. The van der Waals surface area contributed by atoms with Gasteiger partial charge in [0.2, 0.25) is 0 Å². The SMILES string of the molecule is Cc1ccc(S(=O)(=O)Cl)cc1C(=O)NCCC1CCOC1. The van der Waals surface area contributed by atoms with E-state index in [0.717, 1.165) is 26.1 Å². The van der Waals surface area contributed by atoms with Crippen molar-refractivity contribution in [3.8, 4) is 0 Å². The molecule has 0 aromatic heterocycles. The Kier molecular flexibility index (Phi) is 5.24. The number of carbonyl (C=O) groups excluding carboxylic acids is 1. The lowest BCUT2D eigenvalue weighted by Crippen LogP contribution is -2.26. The van der Waals surface area contributed by atoms with Gasteiger partial charge in [0, 0.05) is 36.0 Å². The summed E-state index contributed by atoms with van der Waals surface area (Å²) in [6, 6.07) is 4.28. The quantitative estimate of drug-likeness (QED) is 0.838. The third-order valence-electron chi connectivity index (χ3n) is 3.60. The molecule has 1 aromatic rings. The highest BCUT2D eigenvalue weighted by atomic mass is 35.7. The summed E-state index contributed by atoms with van der Waals surface area (Å²) < 4.78 is 27.9. The van der Waals surface area contributed by atoms with Crippen molar-refractivity contribution in [3.63, 3.8) is 0 Å². The molecule has 1 fully saturated rings. The molecule has 1 amide bonds. The second-order valence-corrected chi connectivity index (χ2v) is 7.75. The Morgan fingerprint density at radius 3 is 2.86 bits per heavy atom. The summed E-state index contributed by atoms with van der Waals surface area (Å²) >= 11 is 0. The van der Waals surface area contributed by atoms with Crippen LogP contribution in [0.2, 0.25) is 0 Å². The number of carbonyl (C=O) groups is 1. The van der Waals surface area contributed by atoms with Crippen LogP contribution in [0.1, 0.15) is 28.8 Å². The highest BCUT2D eigenvalue weighted by Gasteiger charge is 2.18. The second kappa shape index (κ2) is 6.77. The van der Waals surface area contributed by atoms with Crippen molar-refractivity contribution in [2.75, 3.05) is 19.8 Å². The predicted octanol–water partition coefficient (Wildman–Crippen LogP) is 2.08. The van der Waals surface area contributed by atoms with E-state index in [2.05, 4.69) is 5.32 Å². The molecule has 21 heavy (non-hydrogen) atoms. The predicted molar refractivity (Wildman–Crippen MR) is 80.1 cm³/mol. The minimum Gasteiger partial charge on any atom is -0.381 e. The van der Waals surface area contributed by atoms with Crippen molar-refractivity contribution in [2.45, 2.75) is 24.7 Å². The zero-order valence-electron chi connectivity index (χ0n) is 11.8. The van der Waals surface area contributed by atoms with E-state index in [4.69, 9.17) is 15.4 Å². The number of nitrogens with one attached hydrogen (secondary N) is 1. The molecule has 1 aliphatic rings. The van der Waals surface area contributed by atoms with Gasteiger partial charge in [0.05, 0.1) is 4.90 Å². The molecule has 7 heteroatoms. The number of hydrogen-bond acceptors (Lipinski definition) is 4. The smallest absolute Gasteiger partial charge is 0.261 e. The van der Waals surface area contributed by atoms with E-state index in [0.29, 0.717) is 23.6 Å². The number of aryl methyl sites for hydroxylation is 1. The standard InChI is InChI=1S/C14H18ClNO4S/c1-10-2-3-12(21(15,18)19)8-13(10)14(17)16-6-4-11-5-7-20-9-11/h2-3,8,11H,4-7,9H2,1H3,(H,16,17). The van der Waals surface area contributed by atoms with E-state index < -0.39 is 9.05 Å². The van der Waals surface area contributed by atoms with Gasteiger partial charge in [-0.3, -0.25) is 4.79 Å². The van der Waals surface area contributed by atoms with Gasteiger partial charge >= 0.3 is 0 Å². The molecule has 5 nitrogen and oxygen atoms in total.